The molecule has 0 spiro atoms. The lowest BCUT2D eigenvalue weighted by molar-refractivity contribution is 0.102. The summed E-state index contributed by atoms with van der Waals surface area (Å²) in [6, 6.07) is 22.0. The zero-order chi connectivity index (χ0) is 23.2. The van der Waals surface area contributed by atoms with Gasteiger partial charge in [0.1, 0.15) is 0 Å². The number of hydrogen-bond donors (Lipinski definition) is 3. The van der Waals surface area contributed by atoms with Crippen LogP contribution in [0.3, 0.4) is 0 Å². The van der Waals surface area contributed by atoms with Gasteiger partial charge in [0.25, 0.3) is 5.91 Å². The fraction of sp³-hybridized carbons (Fsp3) is 0.259. The molecule has 0 heterocycles. The van der Waals surface area contributed by atoms with E-state index in [2.05, 4.69) is 47.1 Å². The summed E-state index contributed by atoms with van der Waals surface area (Å²) < 4.78 is 0. The van der Waals surface area contributed by atoms with Crippen LogP contribution in [0.1, 0.15) is 27.9 Å². The molecule has 0 radical (unpaired) electrons. The van der Waals surface area contributed by atoms with Crippen LogP contribution in [0.2, 0.25) is 0 Å². The number of carbonyl (C=O) groups is 2. The molecule has 6 heteroatoms. The van der Waals surface area contributed by atoms with Crippen molar-refractivity contribution >= 4 is 29.0 Å². The van der Waals surface area contributed by atoms with Crippen LogP contribution in [0.5, 0.6) is 0 Å². The number of hydrogen-bond acceptors (Lipinski definition) is 3. The topological polar surface area (TPSA) is 73.5 Å². The van der Waals surface area contributed by atoms with E-state index in [1.54, 1.807) is 36.4 Å². The molecule has 1 aliphatic rings. The average molecular weight is 443 g/mol. The molecule has 1 unspecified atom stereocenters. The first-order valence-electron chi connectivity index (χ1n) is 11.3. The standard InChI is InChI=1S/C27H30N4O2/c1-31(2)18-19-12-13-21-17-23(15-14-20(21)16-19)28-26(32)24-10-6-7-11-25(24)30-27(33)29-22-8-4-3-5-9-22/h3-11,14-15,17,19H,12-13,16,18H2,1-2H3,(H,28,32)(H2,29,30,33). The molecule has 1 atom stereocenters. The highest BCUT2D eigenvalue weighted by Gasteiger charge is 2.20. The molecule has 3 amide bonds. The van der Waals surface area contributed by atoms with Gasteiger partial charge < -0.3 is 20.9 Å². The fourth-order valence-electron chi connectivity index (χ4n) is 4.38. The monoisotopic (exact) mass is 442 g/mol. The predicted octanol–water partition coefficient (Wildman–Crippen LogP) is 5.25. The van der Waals surface area contributed by atoms with Crippen LogP contribution in [0.4, 0.5) is 21.9 Å². The number of benzene rings is 3. The molecule has 6 nitrogen and oxygen atoms in total. The third kappa shape index (κ3) is 5.99. The van der Waals surface area contributed by atoms with Gasteiger partial charge in [-0.25, -0.2) is 4.79 Å². The van der Waals surface area contributed by atoms with Gasteiger partial charge in [-0.15, -0.1) is 0 Å². The van der Waals surface area contributed by atoms with E-state index < -0.39 is 6.03 Å². The Hall–Kier alpha value is -3.64. The smallest absolute Gasteiger partial charge is 0.322 e. The highest BCUT2D eigenvalue weighted by molar-refractivity contribution is 6.11. The Morgan fingerprint density at radius 3 is 2.39 bits per heavy atom. The molecule has 0 saturated heterocycles. The van der Waals surface area contributed by atoms with Crippen molar-refractivity contribution in [1.82, 2.24) is 4.90 Å². The molecule has 1 aliphatic carbocycles. The van der Waals surface area contributed by atoms with Gasteiger partial charge in [0.2, 0.25) is 0 Å². The van der Waals surface area contributed by atoms with Crippen molar-refractivity contribution in [1.29, 1.82) is 0 Å². The minimum absolute atomic E-state index is 0.258. The maximum absolute atomic E-state index is 13.0. The van der Waals surface area contributed by atoms with E-state index in [4.69, 9.17) is 0 Å². The Kier molecular flexibility index (Phi) is 7.05. The summed E-state index contributed by atoms with van der Waals surface area (Å²) in [5, 5.41) is 8.55. The molecular weight excluding hydrogens is 412 g/mol. The number of nitrogens with one attached hydrogen (secondary N) is 3. The number of nitrogens with zero attached hydrogens (tertiary/aromatic N) is 1. The van der Waals surface area contributed by atoms with Crippen molar-refractivity contribution in [2.24, 2.45) is 5.92 Å². The van der Waals surface area contributed by atoms with Crippen LogP contribution in [0, 0.1) is 5.92 Å². The van der Waals surface area contributed by atoms with Crippen LogP contribution in [-0.2, 0) is 12.8 Å². The van der Waals surface area contributed by atoms with E-state index in [1.807, 2.05) is 24.3 Å². The summed E-state index contributed by atoms with van der Waals surface area (Å²) in [7, 11) is 4.23. The van der Waals surface area contributed by atoms with Crippen LogP contribution in [-0.4, -0.2) is 37.5 Å². The third-order valence-electron chi connectivity index (χ3n) is 5.87. The number of aryl methyl sites for hydroxylation is 1. The molecule has 3 N–H and O–H groups in total. The van der Waals surface area contributed by atoms with Crippen molar-refractivity contribution in [3.05, 3.63) is 89.5 Å². The Balaban J connectivity index is 1.43. The summed E-state index contributed by atoms with van der Waals surface area (Å²) in [6.45, 7) is 1.10. The van der Waals surface area contributed by atoms with Gasteiger partial charge in [-0.3, -0.25) is 4.79 Å². The highest BCUT2D eigenvalue weighted by atomic mass is 16.2. The highest BCUT2D eigenvalue weighted by Crippen LogP contribution is 2.28. The SMILES string of the molecule is CN(C)CC1CCc2cc(NC(=O)c3ccccc3NC(=O)Nc3ccccc3)ccc2C1. The minimum atomic E-state index is -0.400. The number of amides is 3. The molecular formula is C27H30N4O2. The largest absolute Gasteiger partial charge is 0.323 e. The van der Waals surface area contributed by atoms with Gasteiger partial charge >= 0.3 is 6.03 Å². The number of fused-ring (bicyclic) bond motifs is 1. The molecule has 3 aromatic rings. The molecule has 0 aromatic heterocycles. The maximum Gasteiger partial charge on any atom is 0.323 e. The van der Waals surface area contributed by atoms with E-state index in [0.717, 1.165) is 31.5 Å². The number of urea groups is 1. The van der Waals surface area contributed by atoms with Crippen molar-refractivity contribution in [3.8, 4) is 0 Å². The molecule has 4 rings (SSSR count). The first-order valence-corrected chi connectivity index (χ1v) is 11.3. The van der Waals surface area contributed by atoms with Crippen molar-refractivity contribution in [2.75, 3.05) is 36.6 Å². The number of carbonyl (C=O) groups excluding carboxylic acids is 2. The fourth-order valence-corrected chi connectivity index (χ4v) is 4.38. The Bertz CT molecular complexity index is 1130. The number of para-hydroxylation sites is 2. The predicted molar refractivity (Wildman–Crippen MR) is 134 cm³/mol. The van der Waals surface area contributed by atoms with E-state index >= 15 is 0 Å². The van der Waals surface area contributed by atoms with E-state index in [9.17, 15) is 9.59 Å². The van der Waals surface area contributed by atoms with Crippen LogP contribution >= 0.6 is 0 Å². The summed E-state index contributed by atoms with van der Waals surface area (Å²) in [6.07, 6.45) is 3.26. The van der Waals surface area contributed by atoms with Crippen molar-refractivity contribution in [2.45, 2.75) is 19.3 Å². The zero-order valence-electron chi connectivity index (χ0n) is 19.1. The van der Waals surface area contributed by atoms with Gasteiger partial charge in [-0.1, -0.05) is 36.4 Å². The Morgan fingerprint density at radius 1 is 0.848 bits per heavy atom. The molecule has 0 fully saturated rings. The lowest BCUT2D eigenvalue weighted by atomic mass is 9.83. The summed E-state index contributed by atoms with van der Waals surface area (Å²) in [4.78, 5) is 27.7. The quantitative estimate of drug-likeness (QED) is 0.488. The van der Waals surface area contributed by atoms with Gasteiger partial charge in [0.15, 0.2) is 0 Å². The van der Waals surface area contributed by atoms with Gasteiger partial charge in [-0.2, -0.15) is 0 Å². The summed E-state index contributed by atoms with van der Waals surface area (Å²) >= 11 is 0. The molecule has 170 valence electrons. The molecule has 33 heavy (non-hydrogen) atoms. The van der Waals surface area contributed by atoms with Crippen LogP contribution in [0.25, 0.3) is 0 Å². The first kappa shape index (κ1) is 22.6. The summed E-state index contributed by atoms with van der Waals surface area (Å²) in [5.41, 5.74) is 4.98. The summed E-state index contributed by atoms with van der Waals surface area (Å²) in [5.74, 6) is 0.416. The normalized spacial score (nSPS) is 14.9. The van der Waals surface area contributed by atoms with E-state index in [0.29, 0.717) is 22.9 Å². The van der Waals surface area contributed by atoms with Crippen molar-refractivity contribution in [3.63, 3.8) is 0 Å². The average Bonchev–Trinajstić information content (AvgIpc) is 2.79. The van der Waals surface area contributed by atoms with Gasteiger partial charge in [0.05, 0.1) is 11.3 Å². The molecule has 0 bridgehead atoms. The van der Waals surface area contributed by atoms with E-state index in [-0.39, 0.29) is 5.91 Å². The van der Waals surface area contributed by atoms with Crippen LogP contribution in [0.15, 0.2) is 72.8 Å². The van der Waals surface area contributed by atoms with Gasteiger partial charge in [0, 0.05) is 17.9 Å². The number of anilines is 3. The lowest BCUT2D eigenvalue weighted by Crippen LogP contribution is -2.26. The van der Waals surface area contributed by atoms with E-state index in [1.165, 1.54) is 11.1 Å². The zero-order valence-corrected chi connectivity index (χ0v) is 19.1. The Morgan fingerprint density at radius 2 is 1.61 bits per heavy atom. The van der Waals surface area contributed by atoms with Crippen molar-refractivity contribution < 1.29 is 9.59 Å². The minimum Gasteiger partial charge on any atom is -0.322 e. The Labute approximate surface area is 195 Å². The first-order chi connectivity index (χ1) is 16.0. The lowest BCUT2D eigenvalue weighted by Gasteiger charge is -2.27. The second-order valence-electron chi connectivity index (χ2n) is 8.80. The second kappa shape index (κ2) is 10.3. The van der Waals surface area contributed by atoms with Crippen LogP contribution < -0.4 is 16.0 Å². The third-order valence-corrected chi connectivity index (χ3v) is 5.87. The second-order valence-corrected chi connectivity index (χ2v) is 8.80. The molecule has 3 aromatic carbocycles. The van der Waals surface area contributed by atoms with Gasteiger partial charge in [-0.05, 0) is 86.8 Å². The molecule has 0 saturated carbocycles. The molecule has 0 aliphatic heterocycles. The maximum atomic E-state index is 13.0. The number of rotatable bonds is 6.